The molecule has 1 fully saturated rings. The molecule has 0 spiro atoms. The molecule has 27 heavy (non-hydrogen) atoms. The van der Waals surface area contributed by atoms with E-state index in [0.717, 1.165) is 19.3 Å². The van der Waals surface area contributed by atoms with Gasteiger partial charge < -0.3 is 10.4 Å². The highest BCUT2D eigenvalue weighted by Crippen LogP contribution is 2.25. The summed E-state index contributed by atoms with van der Waals surface area (Å²) >= 11 is 0. The van der Waals surface area contributed by atoms with E-state index in [0.29, 0.717) is 13.0 Å². The number of sulfonamides is 1. The summed E-state index contributed by atoms with van der Waals surface area (Å²) in [5.41, 5.74) is 0.213. The fourth-order valence-corrected chi connectivity index (χ4v) is 4.83. The monoisotopic (exact) mass is 394 g/mol. The van der Waals surface area contributed by atoms with Gasteiger partial charge in [-0.2, -0.15) is 4.31 Å². The number of carbonyl (C=O) groups is 2. The van der Waals surface area contributed by atoms with Gasteiger partial charge in [0.2, 0.25) is 10.0 Å². The first-order valence-corrected chi connectivity index (χ1v) is 10.5. The van der Waals surface area contributed by atoms with Crippen LogP contribution in [0.25, 0.3) is 0 Å². The van der Waals surface area contributed by atoms with Gasteiger partial charge in [-0.25, -0.2) is 13.2 Å². The molecule has 0 saturated carbocycles. The van der Waals surface area contributed by atoms with Gasteiger partial charge in [0, 0.05) is 18.2 Å². The molecule has 1 aromatic carbocycles. The molecule has 0 aliphatic carbocycles. The van der Waals surface area contributed by atoms with Crippen LogP contribution in [0.1, 0.15) is 49.4 Å². The molecule has 1 aliphatic rings. The van der Waals surface area contributed by atoms with Crippen LogP contribution in [0.4, 0.5) is 0 Å². The highest BCUT2D eigenvalue weighted by atomic mass is 32.2. The Morgan fingerprint density at radius 1 is 1.33 bits per heavy atom. The molecular formula is C19H26N2O5S. The number of carboxylic acid groups (broad SMARTS) is 1. The number of carbonyl (C=O) groups excluding carboxylic acids is 1. The molecule has 2 atom stereocenters. The summed E-state index contributed by atoms with van der Waals surface area (Å²) < 4.78 is 27.1. The van der Waals surface area contributed by atoms with E-state index in [1.807, 2.05) is 6.92 Å². The third kappa shape index (κ3) is 5.17. The molecule has 1 amide bonds. The van der Waals surface area contributed by atoms with Crippen LogP contribution in [0.5, 0.6) is 0 Å². The Balaban J connectivity index is 2.12. The Morgan fingerprint density at radius 3 is 2.56 bits per heavy atom. The van der Waals surface area contributed by atoms with Crippen molar-refractivity contribution in [3.8, 4) is 0 Å². The summed E-state index contributed by atoms with van der Waals surface area (Å²) in [5, 5.41) is 11.6. The van der Waals surface area contributed by atoms with Gasteiger partial charge in [-0.15, -0.1) is 6.58 Å². The lowest BCUT2D eigenvalue weighted by atomic mass is 10.1. The maximum atomic E-state index is 12.8. The van der Waals surface area contributed by atoms with E-state index in [9.17, 15) is 23.1 Å². The summed E-state index contributed by atoms with van der Waals surface area (Å²) in [6, 6.07) is 4.53. The second-order valence-electron chi connectivity index (χ2n) is 6.72. The number of hydrogen-bond donors (Lipinski definition) is 2. The van der Waals surface area contributed by atoms with Crippen LogP contribution in [-0.4, -0.2) is 48.3 Å². The summed E-state index contributed by atoms with van der Waals surface area (Å²) in [7, 11) is -3.61. The number of amides is 1. The highest BCUT2D eigenvalue weighted by molar-refractivity contribution is 7.89. The van der Waals surface area contributed by atoms with Crippen LogP contribution >= 0.6 is 0 Å². The number of allylic oxidation sites excluding steroid dienone is 1. The largest absolute Gasteiger partial charge is 0.480 e. The molecular weight excluding hydrogens is 368 g/mol. The Labute approximate surface area is 160 Å². The highest BCUT2D eigenvalue weighted by Gasteiger charge is 2.31. The van der Waals surface area contributed by atoms with Gasteiger partial charge >= 0.3 is 5.97 Å². The first-order valence-electron chi connectivity index (χ1n) is 9.04. The quantitative estimate of drug-likeness (QED) is 0.659. The number of nitrogens with zero attached hydrogens (tertiary/aromatic N) is 1. The smallest absolute Gasteiger partial charge is 0.326 e. The van der Waals surface area contributed by atoms with Gasteiger partial charge in [0.05, 0.1) is 4.90 Å². The van der Waals surface area contributed by atoms with Crippen molar-refractivity contribution < 1.29 is 23.1 Å². The van der Waals surface area contributed by atoms with Crippen molar-refractivity contribution in [1.29, 1.82) is 0 Å². The molecule has 1 saturated heterocycles. The summed E-state index contributed by atoms with van der Waals surface area (Å²) in [4.78, 5) is 23.6. The zero-order chi connectivity index (χ0) is 20.0. The number of rotatable bonds is 8. The van der Waals surface area contributed by atoms with Gasteiger partial charge in [-0.1, -0.05) is 12.5 Å². The summed E-state index contributed by atoms with van der Waals surface area (Å²) in [6.45, 7) is 5.93. The maximum Gasteiger partial charge on any atom is 0.326 e. The van der Waals surface area contributed by atoms with E-state index < -0.39 is 27.9 Å². The van der Waals surface area contributed by atoms with Crippen molar-refractivity contribution in [2.45, 2.75) is 56.0 Å². The standard InChI is InChI=1S/C19H26N2O5S/c1-3-4-8-17(19(23)24)20-18(22)15-9-11-16(12-10-15)27(25,26)21-13-6-5-7-14(21)2/h3,9-12,14,17H,1,4-8,13H2,2H3,(H,20,22)(H,23,24). The Bertz CT molecular complexity index is 789. The molecule has 0 bridgehead atoms. The lowest BCUT2D eigenvalue weighted by Gasteiger charge is -2.32. The van der Waals surface area contributed by atoms with Crippen molar-refractivity contribution in [1.82, 2.24) is 9.62 Å². The fraction of sp³-hybridized carbons (Fsp3) is 0.474. The van der Waals surface area contributed by atoms with E-state index in [4.69, 9.17) is 0 Å². The Kier molecular flexibility index (Phi) is 7.15. The van der Waals surface area contributed by atoms with Gasteiger partial charge in [-0.3, -0.25) is 4.79 Å². The third-order valence-corrected chi connectivity index (χ3v) is 6.76. The predicted octanol–water partition coefficient (Wildman–Crippen LogP) is 2.40. The number of aliphatic carboxylic acids is 1. The molecule has 0 aromatic heterocycles. The van der Waals surface area contributed by atoms with Crippen molar-refractivity contribution in [3.63, 3.8) is 0 Å². The third-order valence-electron chi connectivity index (χ3n) is 4.73. The van der Waals surface area contributed by atoms with Crippen molar-refractivity contribution in [2.75, 3.05) is 6.54 Å². The molecule has 8 heteroatoms. The Hall–Kier alpha value is -2.19. The van der Waals surface area contributed by atoms with E-state index >= 15 is 0 Å². The molecule has 2 N–H and O–H groups in total. The van der Waals surface area contributed by atoms with Crippen molar-refractivity contribution >= 4 is 21.9 Å². The number of benzene rings is 1. The zero-order valence-corrected chi connectivity index (χ0v) is 16.2. The summed E-state index contributed by atoms with van der Waals surface area (Å²) in [6.07, 6.45) is 4.98. The molecule has 1 heterocycles. The minimum Gasteiger partial charge on any atom is -0.480 e. The first kappa shape index (κ1) is 21.1. The van der Waals surface area contributed by atoms with Crippen LogP contribution in [0.2, 0.25) is 0 Å². The fourth-order valence-electron chi connectivity index (χ4n) is 3.13. The van der Waals surface area contributed by atoms with Crippen LogP contribution in [0.15, 0.2) is 41.8 Å². The minimum absolute atomic E-state index is 0.0482. The molecule has 148 valence electrons. The predicted molar refractivity (Wildman–Crippen MR) is 102 cm³/mol. The van der Waals surface area contributed by atoms with Crippen LogP contribution in [0.3, 0.4) is 0 Å². The van der Waals surface area contributed by atoms with Gasteiger partial charge in [0.25, 0.3) is 5.91 Å². The van der Waals surface area contributed by atoms with Crippen molar-refractivity contribution in [2.24, 2.45) is 0 Å². The molecule has 2 unspecified atom stereocenters. The average Bonchev–Trinajstić information content (AvgIpc) is 2.65. The Morgan fingerprint density at radius 2 is 2.00 bits per heavy atom. The topological polar surface area (TPSA) is 104 Å². The maximum absolute atomic E-state index is 12.8. The van der Waals surface area contributed by atoms with Crippen molar-refractivity contribution in [3.05, 3.63) is 42.5 Å². The number of piperidine rings is 1. The summed E-state index contributed by atoms with van der Waals surface area (Å²) in [5.74, 6) is -1.68. The second-order valence-corrected chi connectivity index (χ2v) is 8.61. The molecule has 1 aromatic rings. The first-order chi connectivity index (χ1) is 12.8. The van der Waals surface area contributed by atoms with Gasteiger partial charge in [0.1, 0.15) is 6.04 Å². The number of hydrogen-bond acceptors (Lipinski definition) is 4. The molecule has 7 nitrogen and oxygen atoms in total. The lowest BCUT2D eigenvalue weighted by Crippen LogP contribution is -2.42. The zero-order valence-electron chi connectivity index (χ0n) is 15.4. The van der Waals surface area contributed by atoms with E-state index in [2.05, 4.69) is 11.9 Å². The molecule has 1 aliphatic heterocycles. The van der Waals surface area contributed by atoms with Crippen LogP contribution < -0.4 is 5.32 Å². The normalized spacial score (nSPS) is 19.2. The number of carboxylic acids is 1. The van der Waals surface area contributed by atoms with Gasteiger partial charge in [0.15, 0.2) is 0 Å². The van der Waals surface area contributed by atoms with Gasteiger partial charge in [-0.05, 0) is 56.9 Å². The SMILES string of the molecule is C=CCCC(NC(=O)c1ccc(S(=O)(=O)N2CCCCC2C)cc1)C(=O)O. The van der Waals surface area contributed by atoms with E-state index in [-0.39, 0.29) is 22.9 Å². The minimum atomic E-state index is -3.61. The van der Waals surface area contributed by atoms with Crippen LogP contribution in [0, 0.1) is 0 Å². The second kappa shape index (κ2) is 9.14. The number of nitrogens with one attached hydrogen (secondary N) is 1. The average molecular weight is 394 g/mol. The van der Waals surface area contributed by atoms with E-state index in [1.165, 1.54) is 28.6 Å². The van der Waals surface area contributed by atoms with Crippen LogP contribution in [-0.2, 0) is 14.8 Å². The van der Waals surface area contributed by atoms with E-state index in [1.54, 1.807) is 6.08 Å². The molecule has 2 rings (SSSR count). The molecule has 0 radical (unpaired) electrons. The lowest BCUT2D eigenvalue weighted by molar-refractivity contribution is -0.139.